The molecule has 1 aromatic heterocycles. The van der Waals surface area contributed by atoms with Crippen molar-refractivity contribution in [2.45, 2.75) is 32.4 Å². The minimum Gasteiger partial charge on any atom is -0.481 e. The number of nitrogens with zero attached hydrogens (tertiary/aromatic N) is 2. The van der Waals surface area contributed by atoms with Crippen LogP contribution in [-0.2, 0) is 6.42 Å². The van der Waals surface area contributed by atoms with Crippen LogP contribution in [0.25, 0.3) is 0 Å². The number of benzene rings is 1. The molecule has 2 atom stereocenters. The summed E-state index contributed by atoms with van der Waals surface area (Å²) in [6.07, 6.45) is 0.452. The van der Waals surface area contributed by atoms with Gasteiger partial charge in [-0.2, -0.15) is 4.98 Å². The van der Waals surface area contributed by atoms with Crippen molar-refractivity contribution in [1.29, 1.82) is 0 Å². The average Bonchev–Trinajstić information content (AvgIpc) is 2.89. The summed E-state index contributed by atoms with van der Waals surface area (Å²) in [6.45, 7) is 3.96. The van der Waals surface area contributed by atoms with Gasteiger partial charge in [0.25, 0.3) is 5.89 Å². The van der Waals surface area contributed by atoms with Crippen molar-refractivity contribution < 1.29 is 9.26 Å². The van der Waals surface area contributed by atoms with E-state index < -0.39 is 0 Å². The van der Waals surface area contributed by atoms with E-state index in [-0.39, 0.29) is 6.10 Å². The van der Waals surface area contributed by atoms with Crippen molar-refractivity contribution in [3.8, 4) is 5.75 Å². The molecule has 2 unspecified atom stereocenters. The summed E-state index contributed by atoms with van der Waals surface area (Å²) in [5.41, 5.74) is 0. The first-order valence-electron chi connectivity index (χ1n) is 6.50. The van der Waals surface area contributed by atoms with Gasteiger partial charge in [0.05, 0.1) is 0 Å². The highest BCUT2D eigenvalue weighted by Gasteiger charge is 2.16. The molecule has 0 amide bonds. The maximum atomic E-state index is 5.77. The zero-order valence-corrected chi connectivity index (χ0v) is 13.3. The molecule has 6 heteroatoms. The van der Waals surface area contributed by atoms with Crippen molar-refractivity contribution in [2.75, 3.05) is 7.05 Å². The quantitative estimate of drug-likeness (QED) is 0.876. The van der Waals surface area contributed by atoms with Gasteiger partial charge < -0.3 is 14.6 Å². The van der Waals surface area contributed by atoms with E-state index in [1.54, 1.807) is 0 Å². The minimum atomic E-state index is -0.276. The van der Waals surface area contributed by atoms with Gasteiger partial charge in [-0.05, 0) is 45.2 Å². The van der Waals surface area contributed by atoms with E-state index in [0.717, 1.165) is 16.6 Å². The Hall–Kier alpha value is -1.40. The molecule has 1 heterocycles. The molecule has 20 heavy (non-hydrogen) atoms. The van der Waals surface area contributed by atoms with E-state index in [4.69, 9.17) is 9.26 Å². The van der Waals surface area contributed by atoms with Crippen molar-refractivity contribution in [3.05, 3.63) is 40.5 Å². The maximum Gasteiger partial charge on any atom is 0.267 e. The number of halogens is 1. The first-order valence-corrected chi connectivity index (χ1v) is 7.29. The predicted octanol–water partition coefficient (Wildman–Crippen LogP) is 3.12. The fourth-order valence-corrected chi connectivity index (χ4v) is 1.92. The van der Waals surface area contributed by atoms with Gasteiger partial charge in [-0.1, -0.05) is 21.1 Å². The molecule has 5 nitrogen and oxygen atoms in total. The van der Waals surface area contributed by atoms with Crippen LogP contribution in [0.2, 0.25) is 0 Å². The summed E-state index contributed by atoms with van der Waals surface area (Å²) in [5.74, 6) is 1.95. The topological polar surface area (TPSA) is 60.2 Å². The lowest BCUT2D eigenvalue weighted by molar-refractivity contribution is 0.175. The van der Waals surface area contributed by atoms with Crippen LogP contribution < -0.4 is 10.1 Å². The van der Waals surface area contributed by atoms with E-state index in [1.165, 1.54) is 0 Å². The molecule has 1 N–H and O–H groups in total. The summed E-state index contributed by atoms with van der Waals surface area (Å²) < 4.78 is 12.0. The van der Waals surface area contributed by atoms with Crippen molar-refractivity contribution >= 4 is 15.9 Å². The predicted molar refractivity (Wildman–Crippen MR) is 79.7 cm³/mol. The largest absolute Gasteiger partial charge is 0.481 e. The van der Waals surface area contributed by atoms with Crippen LogP contribution in [-0.4, -0.2) is 23.2 Å². The third-order valence-electron chi connectivity index (χ3n) is 2.94. The first kappa shape index (κ1) is 15.0. The summed E-state index contributed by atoms with van der Waals surface area (Å²) >= 11 is 3.39. The fourth-order valence-electron chi connectivity index (χ4n) is 1.66. The Morgan fingerprint density at radius 1 is 1.30 bits per heavy atom. The van der Waals surface area contributed by atoms with Crippen LogP contribution in [0.4, 0.5) is 0 Å². The van der Waals surface area contributed by atoms with Crippen LogP contribution in [0.15, 0.2) is 33.3 Å². The lowest BCUT2D eigenvalue weighted by Gasteiger charge is -2.10. The number of likely N-dealkylation sites (N-methyl/N-ethyl adjacent to an activating group) is 1. The molecule has 0 bridgehead atoms. The summed E-state index contributed by atoms with van der Waals surface area (Å²) in [4.78, 5) is 4.36. The molecular formula is C14H18BrN3O2. The van der Waals surface area contributed by atoms with Crippen LogP contribution in [0.5, 0.6) is 5.75 Å². The molecule has 0 spiro atoms. The molecule has 0 aliphatic heterocycles. The Morgan fingerprint density at radius 2 is 2.00 bits per heavy atom. The van der Waals surface area contributed by atoms with Gasteiger partial charge in [0.1, 0.15) is 5.75 Å². The first-order chi connectivity index (χ1) is 9.58. The van der Waals surface area contributed by atoms with E-state index in [2.05, 4.69) is 38.3 Å². The van der Waals surface area contributed by atoms with Gasteiger partial charge in [0, 0.05) is 16.9 Å². The molecule has 1 aromatic carbocycles. The molecule has 0 saturated carbocycles. The highest BCUT2D eigenvalue weighted by Crippen LogP contribution is 2.22. The lowest BCUT2D eigenvalue weighted by Crippen LogP contribution is -2.24. The molecule has 108 valence electrons. The van der Waals surface area contributed by atoms with Crippen LogP contribution >= 0.6 is 15.9 Å². The number of hydrogen-bond acceptors (Lipinski definition) is 5. The average molecular weight is 340 g/mol. The SMILES string of the molecule is CNC(C)Cc1noc(C(C)Oc2ccc(Br)cc2)n1. The smallest absolute Gasteiger partial charge is 0.267 e. The molecule has 0 radical (unpaired) electrons. The Balaban J connectivity index is 1.98. The second kappa shape index (κ2) is 6.85. The number of hydrogen-bond donors (Lipinski definition) is 1. The fraction of sp³-hybridized carbons (Fsp3) is 0.429. The van der Waals surface area contributed by atoms with E-state index >= 15 is 0 Å². The monoisotopic (exact) mass is 339 g/mol. The Bertz CT molecular complexity index is 542. The summed E-state index contributed by atoms with van der Waals surface area (Å²) in [6, 6.07) is 7.94. The molecular weight excluding hydrogens is 322 g/mol. The van der Waals surface area contributed by atoms with Crippen molar-refractivity contribution in [2.24, 2.45) is 0 Å². The van der Waals surface area contributed by atoms with Gasteiger partial charge in [0.15, 0.2) is 11.9 Å². The number of aromatic nitrogens is 2. The molecule has 0 saturated heterocycles. The van der Waals surface area contributed by atoms with Gasteiger partial charge in [-0.15, -0.1) is 0 Å². The highest BCUT2D eigenvalue weighted by atomic mass is 79.9. The molecule has 0 aliphatic rings. The third kappa shape index (κ3) is 4.05. The molecule has 2 rings (SSSR count). The lowest BCUT2D eigenvalue weighted by atomic mass is 10.2. The zero-order chi connectivity index (χ0) is 14.5. The Morgan fingerprint density at radius 3 is 2.65 bits per heavy atom. The molecule has 0 aliphatic carbocycles. The van der Waals surface area contributed by atoms with Gasteiger partial charge in [-0.25, -0.2) is 0 Å². The number of rotatable bonds is 6. The second-order valence-electron chi connectivity index (χ2n) is 4.66. The van der Waals surface area contributed by atoms with Crippen molar-refractivity contribution in [3.63, 3.8) is 0 Å². The van der Waals surface area contributed by atoms with E-state index in [1.807, 2.05) is 38.2 Å². The molecule has 2 aromatic rings. The van der Waals surface area contributed by atoms with Crippen LogP contribution in [0.1, 0.15) is 31.7 Å². The normalized spacial score (nSPS) is 14.0. The number of ether oxygens (including phenoxy) is 1. The number of nitrogens with one attached hydrogen (secondary N) is 1. The van der Waals surface area contributed by atoms with Gasteiger partial charge >= 0.3 is 0 Å². The van der Waals surface area contributed by atoms with Gasteiger partial charge in [-0.3, -0.25) is 0 Å². The highest BCUT2D eigenvalue weighted by molar-refractivity contribution is 9.10. The van der Waals surface area contributed by atoms with Crippen molar-refractivity contribution in [1.82, 2.24) is 15.5 Å². The van der Waals surface area contributed by atoms with Gasteiger partial charge in [0.2, 0.25) is 0 Å². The van der Waals surface area contributed by atoms with Crippen LogP contribution in [0, 0.1) is 0 Å². The second-order valence-corrected chi connectivity index (χ2v) is 5.57. The van der Waals surface area contributed by atoms with Crippen LogP contribution in [0.3, 0.4) is 0 Å². The van der Waals surface area contributed by atoms with E-state index in [0.29, 0.717) is 17.8 Å². The minimum absolute atomic E-state index is 0.276. The maximum absolute atomic E-state index is 5.77. The summed E-state index contributed by atoms with van der Waals surface area (Å²) in [5, 5.41) is 7.11. The Kier molecular flexibility index (Phi) is 5.14. The summed E-state index contributed by atoms with van der Waals surface area (Å²) in [7, 11) is 1.91. The third-order valence-corrected chi connectivity index (χ3v) is 3.47. The molecule has 0 fully saturated rings. The zero-order valence-electron chi connectivity index (χ0n) is 11.8. The van der Waals surface area contributed by atoms with E-state index in [9.17, 15) is 0 Å². The Labute approximate surface area is 126 Å². The standard InChI is InChI=1S/C14H18BrN3O2/c1-9(16-3)8-13-17-14(20-18-13)10(2)19-12-6-4-11(15)5-7-12/h4-7,9-10,16H,8H2,1-3H3.